The Bertz CT molecular complexity index is 698. The van der Waals surface area contributed by atoms with Gasteiger partial charge in [0.25, 0.3) is 5.91 Å². The van der Waals surface area contributed by atoms with Crippen LogP contribution in [-0.4, -0.2) is 26.2 Å². The number of hydrogen-bond donors (Lipinski definition) is 1. The molecule has 2 aromatic carbocycles. The first-order valence-electron chi connectivity index (χ1n) is 8.92. The molecule has 1 amide bonds. The van der Waals surface area contributed by atoms with E-state index < -0.39 is 0 Å². The molecule has 0 aliphatic rings. The third-order valence-electron chi connectivity index (χ3n) is 3.84. The van der Waals surface area contributed by atoms with Crippen LogP contribution in [0.4, 0.5) is 0 Å². The highest BCUT2D eigenvalue weighted by atomic mass is 16.5. The molecule has 5 nitrogen and oxygen atoms in total. The van der Waals surface area contributed by atoms with E-state index in [1.165, 1.54) is 0 Å². The van der Waals surface area contributed by atoms with Gasteiger partial charge < -0.3 is 19.5 Å². The molecule has 0 aliphatic heterocycles. The van der Waals surface area contributed by atoms with E-state index in [-0.39, 0.29) is 5.91 Å². The Hall–Kier alpha value is -2.53. The van der Waals surface area contributed by atoms with Gasteiger partial charge in [-0.1, -0.05) is 19.1 Å². The molecule has 0 heterocycles. The fraction of sp³-hybridized carbons (Fsp3) is 0.381. The van der Waals surface area contributed by atoms with Crippen LogP contribution in [-0.2, 0) is 17.9 Å². The van der Waals surface area contributed by atoms with Crippen LogP contribution in [0.25, 0.3) is 0 Å². The Labute approximate surface area is 155 Å². The van der Waals surface area contributed by atoms with Gasteiger partial charge in [0, 0.05) is 24.3 Å². The zero-order valence-corrected chi connectivity index (χ0v) is 15.7. The Morgan fingerprint density at radius 3 is 2.50 bits per heavy atom. The van der Waals surface area contributed by atoms with Crippen molar-refractivity contribution in [1.82, 2.24) is 5.32 Å². The summed E-state index contributed by atoms with van der Waals surface area (Å²) in [6.45, 7) is 6.14. The molecule has 0 fully saturated rings. The second kappa shape index (κ2) is 10.5. The summed E-state index contributed by atoms with van der Waals surface area (Å²) in [6.07, 6.45) is 0.950. The van der Waals surface area contributed by atoms with E-state index in [0.29, 0.717) is 31.9 Å². The number of rotatable bonds is 10. The Morgan fingerprint density at radius 1 is 1.08 bits per heavy atom. The van der Waals surface area contributed by atoms with Crippen LogP contribution in [0.1, 0.15) is 41.8 Å². The van der Waals surface area contributed by atoms with Crippen LogP contribution in [0.15, 0.2) is 42.5 Å². The fourth-order valence-corrected chi connectivity index (χ4v) is 2.48. The minimum absolute atomic E-state index is 0.124. The first-order chi connectivity index (χ1) is 12.7. The third kappa shape index (κ3) is 5.77. The fourth-order valence-electron chi connectivity index (χ4n) is 2.48. The lowest BCUT2D eigenvalue weighted by molar-refractivity contribution is 0.0950. The van der Waals surface area contributed by atoms with E-state index in [0.717, 1.165) is 29.0 Å². The summed E-state index contributed by atoms with van der Waals surface area (Å²) in [5.74, 6) is 1.43. The lowest BCUT2D eigenvalue weighted by Crippen LogP contribution is -2.23. The largest absolute Gasteiger partial charge is 0.497 e. The smallest absolute Gasteiger partial charge is 0.251 e. The SMILES string of the molecule is CCCOCc1cc(C(=O)NCc2ccc(OC)cc2)ccc1OCC. The molecule has 5 heteroatoms. The van der Waals surface area contributed by atoms with Crippen molar-refractivity contribution in [2.45, 2.75) is 33.4 Å². The van der Waals surface area contributed by atoms with Crippen molar-refractivity contribution < 1.29 is 19.0 Å². The van der Waals surface area contributed by atoms with Gasteiger partial charge >= 0.3 is 0 Å². The Kier molecular flexibility index (Phi) is 7.96. The minimum Gasteiger partial charge on any atom is -0.497 e. The van der Waals surface area contributed by atoms with E-state index in [4.69, 9.17) is 14.2 Å². The Balaban J connectivity index is 2.02. The van der Waals surface area contributed by atoms with Gasteiger partial charge in [-0.25, -0.2) is 0 Å². The maximum absolute atomic E-state index is 12.5. The van der Waals surface area contributed by atoms with Crippen LogP contribution >= 0.6 is 0 Å². The predicted octanol–water partition coefficient (Wildman–Crippen LogP) is 3.95. The van der Waals surface area contributed by atoms with Gasteiger partial charge in [0.05, 0.1) is 20.3 Å². The quantitative estimate of drug-likeness (QED) is 0.654. The van der Waals surface area contributed by atoms with Crippen molar-refractivity contribution >= 4 is 5.91 Å². The van der Waals surface area contributed by atoms with Crippen molar-refractivity contribution in [1.29, 1.82) is 0 Å². The molecular weight excluding hydrogens is 330 g/mol. The predicted molar refractivity (Wildman–Crippen MR) is 102 cm³/mol. The molecule has 26 heavy (non-hydrogen) atoms. The van der Waals surface area contributed by atoms with E-state index in [9.17, 15) is 4.79 Å². The van der Waals surface area contributed by atoms with Crippen LogP contribution < -0.4 is 14.8 Å². The summed E-state index contributed by atoms with van der Waals surface area (Å²) in [5.41, 5.74) is 2.49. The van der Waals surface area contributed by atoms with Crippen molar-refractivity contribution in [3.8, 4) is 11.5 Å². The maximum atomic E-state index is 12.5. The van der Waals surface area contributed by atoms with Gasteiger partial charge in [-0.15, -0.1) is 0 Å². The molecule has 2 aromatic rings. The average Bonchev–Trinajstić information content (AvgIpc) is 2.68. The number of carbonyl (C=O) groups is 1. The zero-order valence-electron chi connectivity index (χ0n) is 15.7. The average molecular weight is 357 g/mol. The van der Waals surface area contributed by atoms with E-state index in [1.807, 2.05) is 43.3 Å². The van der Waals surface area contributed by atoms with Crippen molar-refractivity contribution in [3.63, 3.8) is 0 Å². The van der Waals surface area contributed by atoms with Crippen LogP contribution in [0.2, 0.25) is 0 Å². The monoisotopic (exact) mass is 357 g/mol. The molecule has 0 aromatic heterocycles. The van der Waals surface area contributed by atoms with E-state index in [1.54, 1.807) is 13.2 Å². The number of nitrogens with one attached hydrogen (secondary N) is 1. The van der Waals surface area contributed by atoms with Gasteiger partial charge in [0.15, 0.2) is 0 Å². The van der Waals surface area contributed by atoms with Crippen molar-refractivity contribution in [2.24, 2.45) is 0 Å². The molecule has 0 bridgehead atoms. The second-order valence-electron chi connectivity index (χ2n) is 5.84. The van der Waals surface area contributed by atoms with E-state index >= 15 is 0 Å². The summed E-state index contributed by atoms with van der Waals surface area (Å²) >= 11 is 0. The zero-order chi connectivity index (χ0) is 18.8. The van der Waals surface area contributed by atoms with Gasteiger partial charge in [-0.05, 0) is 49.2 Å². The molecule has 0 atom stereocenters. The summed E-state index contributed by atoms with van der Waals surface area (Å²) < 4.78 is 16.4. The topological polar surface area (TPSA) is 56.8 Å². The molecule has 0 unspecified atom stereocenters. The number of benzene rings is 2. The molecule has 0 spiro atoms. The minimum atomic E-state index is -0.124. The van der Waals surface area contributed by atoms with Crippen LogP contribution in [0, 0.1) is 0 Å². The molecule has 1 N–H and O–H groups in total. The molecular formula is C21H27NO4. The Morgan fingerprint density at radius 2 is 1.85 bits per heavy atom. The van der Waals surface area contributed by atoms with Gasteiger partial charge in [-0.2, -0.15) is 0 Å². The highest BCUT2D eigenvalue weighted by Crippen LogP contribution is 2.22. The lowest BCUT2D eigenvalue weighted by Gasteiger charge is -2.13. The van der Waals surface area contributed by atoms with Gasteiger partial charge in [-0.3, -0.25) is 4.79 Å². The molecule has 0 aliphatic carbocycles. The van der Waals surface area contributed by atoms with Crippen molar-refractivity contribution in [3.05, 3.63) is 59.2 Å². The van der Waals surface area contributed by atoms with Gasteiger partial charge in [0.1, 0.15) is 11.5 Å². The number of carbonyl (C=O) groups excluding carboxylic acids is 1. The van der Waals surface area contributed by atoms with Crippen LogP contribution in [0.3, 0.4) is 0 Å². The molecule has 0 radical (unpaired) electrons. The molecule has 140 valence electrons. The normalized spacial score (nSPS) is 10.4. The summed E-state index contributed by atoms with van der Waals surface area (Å²) in [4.78, 5) is 12.5. The van der Waals surface area contributed by atoms with Crippen LogP contribution in [0.5, 0.6) is 11.5 Å². The van der Waals surface area contributed by atoms with Gasteiger partial charge in [0.2, 0.25) is 0 Å². The van der Waals surface area contributed by atoms with Crippen molar-refractivity contribution in [2.75, 3.05) is 20.3 Å². The first kappa shape index (κ1) is 19.8. The third-order valence-corrected chi connectivity index (χ3v) is 3.84. The number of methoxy groups -OCH3 is 1. The number of ether oxygens (including phenoxy) is 3. The van der Waals surface area contributed by atoms with E-state index in [2.05, 4.69) is 12.2 Å². The standard InChI is InChI=1S/C21H27NO4/c1-4-12-25-15-18-13-17(8-11-20(18)26-5-2)21(23)22-14-16-6-9-19(24-3)10-7-16/h6-11,13H,4-5,12,14-15H2,1-3H3,(H,22,23). The first-order valence-corrected chi connectivity index (χ1v) is 8.92. The number of hydrogen-bond acceptors (Lipinski definition) is 4. The number of amides is 1. The summed E-state index contributed by atoms with van der Waals surface area (Å²) in [6, 6.07) is 13.1. The molecule has 0 saturated carbocycles. The molecule has 0 saturated heterocycles. The molecule has 2 rings (SSSR count). The summed E-state index contributed by atoms with van der Waals surface area (Å²) in [5, 5.41) is 2.94. The highest BCUT2D eigenvalue weighted by Gasteiger charge is 2.11. The lowest BCUT2D eigenvalue weighted by atomic mass is 10.1. The second-order valence-corrected chi connectivity index (χ2v) is 5.84. The maximum Gasteiger partial charge on any atom is 0.251 e. The highest BCUT2D eigenvalue weighted by molar-refractivity contribution is 5.94. The summed E-state index contributed by atoms with van der Waals surface area (Å²) in [7, 11) is 1.63.